The molecule has 2 heterocycles. The SMILES string of the molecule is CCC(C(=O)Nc1cc(-c2cn3cc(CO)cnc3n2)ccc1C)c1ccccc1. The van der Waals surface area contributed by atoms with Crippen LogP contribution in [0.5, 0.6) is 0 Å². The molecule has 1 unspecified atom stereocenters. The normalized spacial score (nSPS) is 12.1. The molecule has 0 aliphatic heterocycles. The van der Waals surface area contributed by atoms with Crippen LogP contribution in [0.3, 0.4) is 0 Å². The van der Waals surface area contributed by atoms with Crippen molar-refractivity contribution in [3.8, 4) is 11.3 Å². The van der Waals surface area contributed by atoms with Gasteiger partial charge in [0.1, 0.15) is 0 Å². The highest BCUT2D eigenvalue weighted by atomic mass is 16.3. The number of imidazole rings is 1. The first kappa shape index (κ1) is 19.8. The Kier molecular flexibility index (Phi) is 5.59. The molecule has 152 valence electrons. The summed E-state index contributed by atoms with van der Waals surface area (Å²) in [7, 11) is 0. The van der Waals surface area contributed by atoms with Crippen LogP contribution in [0.2, 0.25) is 0 Å². The standard InChI is InChI=1S/C24H24N4O2/c1-3-20(18-7-5-4-6-8-18)23(30)26-21-11-19(10-9-16(21)2)22-14-28-13-17(15-29)12-25-24(28)27-22/h4-14,20,29H,3,15H2,1-2H3,(H,26,30). The van der Waals surface area contributed by atoms with E-state index in [9.17, 15) is 9.90 Å². The van der Waals surface area contributed by atoms with Crippen LogP contribution in [0.25, 0.3) is 17.0 Å². The second kappa shape index (κ2) is 8.47. The third kappa shape index (κ3) is 3.95. The van der Waals surface area contributed by atoms with Crippen LogP contribution in [0, 0.1) is 6.92 Å². The summed E-state index contributed by atoms with van der Waals surface area (Å²) in [5, 5.41) is 12.4. The van der Waals surface area contributed by atoms with Crippen molar-refractivity contribution in [2.75, 3.05) is 5.32 Å². The van der Waals surface area contributed by atoms with E-state index in [1.807, 2.05) is 68.6 Å². The third-order valence-electron chi connectivity index (χ3n) is 5.26. The fourth-order valence-corrected chi connectivity index (χ4v) is 3.54. The molecule has 0 aliphatic rings. The second-order valence-corrected chi connectivity index (χ2v) is 7.34. The van der Waals surface area contributed by atoms with Gasteiger partial charge in [0, 0.05) is 35.4 Å². The zero-order valence-corrected chi connectivity index (χ0v) is 17.0. The molecular formula is C24H24N4O2. The number of anilines is 1. The van der Waals surface area contributed by atoms with Gasteiger partial charge in [-0.3, -0.25) is 9.20 Å². The van der Waals surface area contributed by atoms with Crippen LogP contribution in [-0.4, -0.2) is 25.4 Å². The Labute approximate surface area is 175 Å². The summed E-state index contributed by atoms with van der Waals surface area (Å²) in [5.74, 6) is 0.335. The quantitative estimate of drug-likeness (QED) is 0.505. The molecule has 4 rings (SSSR count). The van der Waals surface area contributed by atoms with Crippen molar-refractivity contribution in [1.82, 2.24) is 14.4 Å². The van der Waals surface area contributed by atoms with Crippen LogP contribution in [0.4, 0.5) is 5.69 Å². The molecule has 6 heteroatoms. The van der Waals surface area contributed by atoms with Gasteiger partial charge in [-0.1, -0.05) is 49.4 Å². The lowest BCUT2D eigenvalue weighted by Crippen LogP contribution is -2.21. The van der Waals surface area contributed by atoms with Gasteiger partial charge in [-0.05, 0) is 30.5 Å². The average molecular weight is 400 g/mol. The van der Waals surface area contributed by atoms with Gasteiger partial charge in [0.05, 0.1) is 18.2 Å². The summed E-state index contributed by atoms with van der Waals surface area (Å²) in [6.07, 6.45) is 6.01. The van der Waals surface area contributed by atoms with E-state index in [2.05, 4.69) is 15.3 Å². The number of carbonyl (C=O) groups is 1. The van der Waals surface area contributed by atoms with Crippen molar-refractivity contribution in [2.45, 2.75) is 32.8 Å². The van der Waals surface area contributed by atoms with Crippen molar-refractivity contribution in [3.63, 3.8) is 0 Å². The molecule has 2 N–H and O–H groups in total. The van der Waals surface area contributed by atoms with Crippen LogP contribution in [0.1, 0.15) is 36.0 Å². The highest BCUT2D eigenvalue weighted by Crippen LogP contribution is 2.27. The molecule has 6 nitrogen and oxygen atoms in total. The second-order valence-electron chi connectivity index (χ2n) is 7.34. The molecular weight excluding hydrogens is 376 g/mol. The average Bonchev–Trinajstić information content (AvgIpc) is 3.20. The van der Waals surface area contributed by atoms with E-state index < -0.39 is 0 Å². The Morgan fingerprint density at radius 3 is 2.70 bits per heavy atom. The largest absolute Gasteiger partial charge is 0.392 e. The molecule has 0 saturated heterocycles. The fourth-order valence-electron chi connectivity index (χ4n) is 3.54. The van der Waals surface area contributed by atoms with Crippen LogP contribution >= 0.6 is 0 Å². The van der Waals surface area contributed by atoms with Crippen molar-refractivity contribution in [3.05, 3.63) is 83.8 Å². The molecule has 0 radical (unpaired) electrons. The zero-order chi connectivity index (χ0) is 21.1. The molecule has 0 spiro atoms. The smallest absolute Gasteiger partial charge is 0.234 e. The van der Waals surface area contributed by atoms with Gasteiger partial charge in [0.2, 0.25) is 11.7 Å². The first-order chi connectivity index (χ1) is 14.6. The van der Waals surface area contributed by atoms with Crippen LogP contribution < -0.4 is 5.32 Å². The van der Waals surface area contributed by atoms with Gasteiger partial charge >= 0.3 is 0 Å². The maximum Gasteiger partial charge on any atom is 0.234 e. The van der Waals surface area contributed by atoms with Gasteiger partial charge in [-0.15, -0.1) is 0 Å². The number of fused-ring (bicyclic) bond motifs is 1. The predicted molar refractivity (Wildman–Crippen MR) is 117 cm³/mol. The first-order valence-electron chi connectivity index (χ1n) is 10.0. The van der Waals surface area contributed by atoms with Gasteiger partial charge < -0.3 is 10.4 Å². The van der Waals surface area contributed by atoms with Gasteiger partial charge in [0.25, 0.3) is 0 Å². The molecule has 1 amide bonds. The van der Waals surface area contributed by atoms with E-state index in [0.717, 1.165) is 40.1 Å². The summed E-state index contributed by atoms with van der Waals surface area (Å²) in [4.78, 5) is 21.8. The summed E-state index contributed by atoms with van der Waals surface area (Å²) in [5.41, 5.74) is 5.13. The molecule has 0 fully saturated rings. The van der Waals surface area contributed by atoms with Gasteiger partial charge in [0.15, 0.2) is 0 Å². The predicted octanol–water partition coefficient (Wildman–Crippen LogP) is 4.33. The number of aliphatic hydroxyl groups excluding tert-OH is 1. The number of nitrogens with one attached hydrogen (secondary N) is 1. The zero-order valence-electron chi connectivity index (χ0n) is 17.0. The number of carbonyl (C=O) groups excluding carboxylic acids is 1. The van der Waals surface area contributed by atoms with Gasteiger partial charge in [-0.25, -0.2) is 9.97 Å². The molecule has 1 atom stereocenters. The van der Waals surface area contributed by atoms with Crippen molar-refractivity contribution in [1.29, 1.82) is 0 Å². The van der Waals surface area contributed by atoms with E-state index in [1.54, 1.807) is 16.8 Å². The number of aromatic nitrogens is 3. The molecule has 2 aromatic carbocycles. The van der Waals surface area contributed by atoms with E-state index in [1.165, 1.54) is 0 Å². The van der Waals surface area contributed by atoms with E-state index in [4.69, 9.17) is 0 Å². The highest BCUT2D eigenvalue weighted by molar-refractivity contribution is 5.97. The Bertz CT molecular complexity index is 1180. The number of benzene rings is 2. The minimum Gasteiger partial charge on any atom is -0.392 e. The number of aryl methyl sites for hydroxylation is 1. The summed E-state index contributed by atoms with van der Waals surface area (Å²) in [6.45, 7) is 3.92. The summed E-state index contributed by atoms with van der Waals surface area (Å²) < 4.78 is 1.79. The van der Waals surface area contributed by atoms with Crippen molar-refractivity contribution < 1.29 is 9.90 Å². The Hall–Kier alpha value is -3.51. The molecule has 4 aromatic rings. The van der Waals surface area contributed by atoms with Crippen LogP contribution in [-0.2, 0) is 11.4 Å². The molecule has 0 bridgehead atoms. The number of aliphatic hydroxyl groups is 1. The van der Waals surface area contributed by atoms with Crippen molar-refractivity contribution in [2.24, 2.45) is 0 Å². The van der Waals surface area contributed by atoms with Crippen LogP contribution in [0.15, 0.2) is 67.1 Å². The number of rotatable bonds is 6. The Morgan fingerprint density at radius 2 is 1.97 bits per heavy atom. The molecule has 2 aromatic heterocycles. The highest BCUT2D eigenvalue weighted by Gasteiger charge is 2.19. The number of hydrogen-bond acceptors (Lipinski definition) is 4. The molecule has 0 aliphatic carbocycles. The van der Waals surface area contributed by atoms with Crippen molar-refractivity contribution >= 4 is 17.4 Å². The fraction of sp³-hybridized carbons (Fsp3) is 0.208. The lowest BCUT2D eigenvalue weighted by Gasteiger charge is -2.17. The third-order valence-corrected chi connectivity index (χ3v) is 5.26. The topological polar surface area (TPSA) is 79.5 Å². The maximum absolute atomic E-state index is 13.0. The Morgan fingerprint density at radius 1 is 1.17 bits per heavy atom. The minimum atomic E-state index is -0.203. The lowest BCUT2D eigenvalue weighted by atomic mass is 9.95. The monoisotopic (exact) mass is 400 g/mol. The van der Waals surface area contributed by atoms with E-state index >= 15 is 0 Å². The van der Waals surface area contributed by atoms with E-state index in [-0.39, 0.29) is 18.4 Å². The number of hydrogen-bond donors (Lipinski definition) is 2. The number of nitrogens with zero attached hydrogens (tertiary/aromatic N) is 3. The lowest BCUT2D eigenvalue weighted by molar-refractivity contribution is -0.117. The molecule has 0 saturated carbocycles. The maximum atomic E-state index is 13.0. The summed E-state index contributed by atoms with van der Waals surface area (Å²) >= 11 is 0. The Balaban J connectivity index is 1.62. The summed E-state index contributed by atoms with van der Waals surface area (Å²) in [6, 6.07) is 15.7. The number of amides is 1. The first-order valence-corrected chi connectivity index (χ1v) is 10.0. The van der Waals surface area contributed by atoms with Gasteiger partial charge in [-0.2, -0.15) is 0 Å². The van der Waals surface area contributed by atoms with E-state index in [0.29, 0.717) is 5.78 Å². The molecule has 30 heavy (non-hydrogen) atoms. The minimum absolute atomic E-state index is 0.0202.